The topological polar surface area (TPSA) is 44.5 Å². The highest BCUT2D eigenvalue weighted by Gasteiger charge is 2.09. The standard InChI is InChI=1S/C18H23NO2/c1-5-20-16-7-6-8-17(18(16)19)21-14-9-10-15(12(2)3)13(4)11-14/h6-12H,5,19H2,1-4H3. The fourth-order valence-electron chi connectivity index (χ4n) is 2.38. The van der Waals surface area contributed by atoms with Gasteiger partial charge in [-0.25, -0.2) is 0 Å². The average Bonchev–Trinajstić information content (AvgIpc) is 2.43. The molecule has 0 radical (unpaired) electrons. The van der Waals surface area contributed by atoms with Gasteiger partial charge in [0.2, 0.25) is 0 Å². The van der Waals surface area contributed by atoms with E-state index in [1.54, 1.807) is 0 Å². The zero-order chi connectivity index (χ0) is 15.4. The molecule has 21 heavy (non-hydrogen) atoms. The third-order valence-corrected chi connectivity index (χ3v) is 3.42. The van der Waals surface area contributed by atoms with Crippen LogP contribution in [0.4, 0.5) is 5.69 Å². The van der Waals surface area contributed by atoms with E-state index in [1.807, 2.05) is 37.3 Å². The lowest BCUT2D eigenvalue weighted by atomic mass is 9.98. The molecule has 0 atom stereocenters. The Hall–Kier alpha value is -2.16. The molecule has 0 fully saturated rings. The Bertz CT molecular complexity index is 621. The van der Waals surface area contributed by atoms with Crippen LogP contribution in [0.15, 0.2) is 36.4 Å². The van der Waals surface area contributed by atoms with Crippen molar-refractivity contribution in [1.82, 2.24) is 0 Å². The number of rotatable bonds is 5. The van der Waals surface area contributed by atoms with Crippen LogP contribution in [0.1, 0.15) is 37.8 Å². The summed E-state index contributed by atoms with van der Waals surface area (Å²) in [5.74, 6) is 2.57. The number of benzene rings is 2. The summed E-state index contributed by atoms with van der Waals surface area (Å²) in [6.07, 6.45) is 0. The highest BCUT2D eigenvalue weighted by molar-refractivity contribution is 5.63. The molecule has 0 amide bonds. The van der Waals surface area contributed by atoms with E-state index in [1.165, 1.54) is 11.1 Å². The van der Waals surface area contributed by atoms with Crippen molar-refractivity contribution in [2.24, 2.45) is 0 Å². The van der Waals surface area contributed by atoms with Gasteiger partial charge >= 0.3 is 0 Å². The Morgan fingerprint density at radius 1 is 1.10 bits per heavy atom. The van der Waals surface area contributed by atoms with Gasteiger partial charge in [0.15, 0.2) is 5.75 Å². The van der Waals surface area contributed by atoms with E-state index in [4.69, 9.17) is 15.2 Å². The molecule has 0 saturated heterocycles. The van der Waals surface area contributed by atoms with E-state index in [9.17, 15) is 0 Å². The van der Waals surface area contributed by atoms with Crippen molar-refractivity contribution < 1.29 is 9.47 Å². The number of nitrogens with two attached hydrogens (primary N) is 1. The smallest absolute Gasteiger partial charge is 0.154 e. The zero-order valence-electron chi connectivity index (χ0n) is 13.1. The number of hydrogen-bond donors (Lipinski definition) is 1. The Morgan fingerprint density at radius 2 is 1.81 bits per heavy atom. The van der Waals surface area contributed by atoms with Crippen molar-refractivity contribution in [3.8, 4) is 17.2 Å². The minimum atomic E-state index is 0.505. The molecule has 0 aliphatic heterocycles. The molecule has 3 nitrogen and oxygen atoms in total. The Labute approximate surface area is 126 Å². The Balaban J connectivity index is 2.26. The number of para-hydroxylation sites is 1. The van der Waals surface area contributed by atoms with Gasteiger partial charge in [0.25, 0.3) is 0 Å². The molecule has 0 bridgehead atoms. The number of anilines is 1. The van der Waals surface area contributed by atoms with Gasteiger partial charge < -0.3 is 15.2 Å². The van der Waals surface area contributed by atoms with Crippen LogP contribution in [0.25, 0.3) is 0 Å². The van der Waals surface area contributed by atoms with Gasteiger partial charge in [-0.05, 0) is 55.2 Å². The summed E-state index contributed by atoms with van der Waals surface area (Å²) in [5, 5.41) is 0. The zero-order valence-corrected chi connectivity index (χ0v) is 13.1. The van der Waals surface area contributed by atoms with Crippen LogP contribution in [-0.2, 0) is 0 Å². The molecule has 2 rings (SSSR count). The molecule has 2 N–H and O–H groups in total. The maximum Gasteiger partial charge on any atom is 0.154 e. The predicted molar refractivity (Wildman–Crippen MR) is 87.4 cm³/mol. The lowest BCUT2D eigenvalue weighted by Crippen LogP contribution is -1.99. The first-order valence-electron chi connectivity index (χ1n) is 7.32. The summed E-state index contributed by atoms with van der Waals surface area (Å²) in [5.41, 5.74) is 9.17. The summed E-state index contributed by atoms with van der Waals surface area (Å²) < 4.78 is 11.4. The third-order valence-electron chi connectivity index (χ3n) is 3.42. The molecule has 0 aliphatic rings. The van der Waals surface area contributed by atoms with Crippen molar-refractivity contribution in [3.63, 3.8) is 0 Å². The Kier molecular flexibility index (Phi) is 4.73. The largest absolute Gasteiger partial charge is 0.492 e. The van der Waals surface area contributed by atoms with Gasteiger partial charge in [-0.15, -0.1) is 0 Å². The van der Waals surface area contributed by atoms with Crippen molar-refractivity contribution in [2.75, 3.05) is 12.3 Å². The number of aryl methyl sites for hydroxylation is 1. The quantitative estimate of drug-likeness (QED) is 0.795. The molecular weight excluding hydrogens is 262 g/mol. The summed E-state index contributed by atoms with van der Waals surface area (Å²) in [6.45, 7) is 8.98. The van der Waals surface area contributed by atoms with Crippen molar-refractivity contribution in [2.45, 2.75) is 33.6 Å². The van der Waals surface area contributed by atoms with Crippen LogP contribution in [0.3, 0.4) is 0 Å². The predicted octanol–water partition coefficient (Wildman–Crippen LogP) is 4.89. The first kappa shape index (κ1) is 15.2. The molecular formula is C18H23NO2. The van der Waals surface area contributed by atoms with E-state index in [-0.39, 0.29) is 0 Å². The summed E-state index contributed by atoms with van der Waals surface area (Å²) in [7, 11) is 0. The normalized spacial score (nSPS) is 10.7. The monoisotopic (exact) mass is 285 g/mol. The van der Waals surface area contributed by atoms with E-state index in [2.05, 4.69) is 26.8 Å². The molecule has 2 aromatic rings. The van der Waals surface area contributed by atoms with Crippen LogP contribution in [0.5, 0.6) is 17.2 Å². The minimum Gasteiger partial charge on any atom is -0.492 e. The second-order valence-corrected chi connectivity index (χ2v) is 5.38. The lowest BCUT2D eigenvalue weighted by molar-refractivity contribution is 0.340. The van der Waals surface area contributed by atoms with Crippen molar-refractivity contribution >= 4 is 5.69 Å². The highest BCUT2D eigenvalue weighted by Crippen LogP contribution is 2.35. The van der Waals surface area contributed by atoms with Gasteiger partial charge in [-0.2, -0.15) is 0 Å². The first-order valence-corrected chi connectivity index (χ1v) is 7.32. The summed E-state index contributed by atoms with van der Waals surface area (Å²) in [4.78, 5) is 0. The SMILES string of the molecule is CCOc1cccc(Oc2ccc(C(C)C)c(C)c2)c1N. The third kappa shape index (κ3) is 3.48. The van der Waals surface area contributed by atoms with Crippen molar-refractivity contribution in [3.05, 3.63) is 47.5 Å². The number of hydrogen-bond acceptors (Lipinski definition) is 3. The van der Waals surface area contributed by atoms with Crippen LogP contribution >= 0.6 is 0 Å². The minimum absolute atomic E-state index is 0.505. The number of ether oxygens (including phenoxy) is 2. The van der Waals surface area contributed by atoms with Gasteiger partial charge in [-0.3, -0.25) is 0 Å². The molecule has 0 heterocycles. The maximum atomic E-state index is 6.08. The van der Waals surface area contributed by atoms with E-state index < -0.39 is 0 Å². The second kappa shape index (κ2) is 6.53. The van der Waals surface area contributed by atoms with Crippen LogP contribution in [0, 0.1) is 6.92 Å². The van der Waals surface area contributed by atoms with Gasteiger partial charge in [0.05, 0.1) is 6.61 Å². The van der Waals surface area contributed by atoms with E-state index in [0.717, 1.165) is 5.75 Å². The molecule has 0 saturated carbocycles. The van der Waals surface area contributed by atoms with E-state index >= 15 is 0 Å². The summed E-state index contributed by atoms with van der Waals surface area (Å²) in [6, 6.07) is 11.7. The van der Waals surface area contributed by atoms with Gasteiger partial charge in [-0.1, -0.05) is 26.0 Å². The van der Waals surface area contributed by atoms with Gasteiger partial charge in [0, 0.05) is 0 Å². The first-order chi connectivity index (χ1) is 10.0. The Morgan fingerprint density at radius 3 is 2.43 bits per heavy atom. The molecule has 0 spiro atoms. The molecule has 0 aliphatic carbocycles. The lowest BCUT2D eigenvalue weighted by Gasteiger charge is -2.14. The van der Waals surface area contributed by atoms with Crippen LogP contribution in [0.2, 0.25) is 0 Å². The van der Waals surface area contributed by atoms with Gasteiger partial charge in [0.1, 0.15) is 17.2 Å². The molecule has 0 unspecified atom stereocenters. The van der Waals surface area contributed by atoms with E-state index in [0.29, 0.717) is 29.7 Å². The van der Waals surface area contributed by atoms with Crippen LogP contribution in [-0.4, -0.2) is 6.61 Å². The number of nitrogen functional groups attached to an aromatic ring is 1. The summed E-state index contributed by atoms with van der Waals surface area (Å²) >= 11 is 0. The fraction of sp³-hybridized carbons (Fsp3) is 0.333. The second-order valence-electron chi connectivity index (χ2n) is 5.38. The highest BCUT2D eigenvalue weighted by atomic mass is 16.5. The molecule has 3 heteroatoms. The molecule has 2 aromatic carbocycles. The molecule has 112 valence electrons. The average molecular weight is 285 g/mol. The van der Waals surface area contributed by atoms with Crippen molar-refractivity contribution in [1.29, 1.82) is 0 Å². The maximum absolute atomic E-state index is 6.08. The fourth-order valence-corrected chi connectivity index (χ4v) is 2.38. The van der Waals surface area contributed by atoms with Crippen LogP contribution < -0.4 is 15.2 Å². The molecule has 0 aromatic heterocycles.